The maximum absolute atomic E-state index is 12.9. The van der Waals surface area contributed by atoms with Gasteiger partial charge in [-0.05, 0) is 25.1 Å². The van der Waals surface area contributed by atoms with Gasteiger partial charge < -0.3 is 4.98 Å². The van der Waals surface area contributed by atoms with Crippen molar-refractivity contribution in [3.05, 3.63) is 59.8 Å². The summed E-state index contributed by atoms with van der Waals surface area (Å²) in [7, 11) is 0. The minimum atomic E-state index is -4.45. The van der Waals surface area contributed by atoms with Crippen LogP contribution in [0.25, 0.3) is 10.9 Å². The third-order valence-corrected chi connectivity index (χ3v) is 3.33. The van der Waals surface area contributed by atoms with Crippen LogP contribution in [-0.4, -0.2) is 4.98 Å². The summed E-state index contributed by atoms with van der Waals surface area (Å²) in [4.78, 5) is 3.13. The summed E-state index contributed by atoms with van der Waals surface area (Å²) < 4.78 is 38.8. The lowest BCUT2D eigenvalue weighted by Crippen LogP contribution is -2.04. The van der Waals surface area contributed by atoms with Crippen molar-refractivity contribution in [2.24, 2.45) is 10.2 Å². The Morgan fingerprint density at radius 2 is 1.59 bits per heavy atom. The van der Waals surface area contributed by atoms with E-state index in [0.717, 1.165) is 22.7 Å². The Morgan fingerprint density at radius 3 is 2.36 bits per heavy atom. The zero-order valence-electron chi connectivity index (χ0n) is 11.6. The largest absolute Gasteiger partial charge is 0.418 e. The molecule has 3 aromatic rings. The standard InChI is InChI=1S/C16H12F3N3/c1-10-15(11-6-2-4-8-13(11)20-10)22-21-14-9-5-3-7-12(14)16(17,18)19/h2-9,20H,1H3/b22-21+. The summed E-state index contributed by atoms with van der Waals surface area (Å²) in [6, 6.07) is 12.6. The van der Waals surface area contributed by atoms with Gasteiger partial charge in [-0.1, -0.05) is 30.3 Å². The third-order valence-electron chi connectivity index (χ3n) is 3.33. The highest BCUT2D eigenvalue weighted by atomic mass is 19.4. The zero-order valence-corrected chi connectivity index (χ0v) is 11.6. The Morgan fingerprint density at radius 1 is 0.909 bits per heavy atom. The molecule has 0 bridgehead atoms. The lowest BCUT2D eigenvalue weighted by Gasteiger charge is -2.08. The predicted molar refractivity (Wildman–Crippen MR) is 78.7 cm³/mol. The van der Waals surface area contributed by atoms with E-state index in [1.165, 1.54) is 18.2 Å². The molecule has 0 fully saturated rings. The fourth-order valence-corrected chi connectivity index (χ4v) is 2.30. The molecule has 0 atom stereocenters. The molecule has 0 amide bonds. The topological polar surface area (TPSA) is 40.5 Å². The molecule has 112 valence electrons. The first kappa shape index (κ1) is 14.3. The van der Waals surface area contributed by atoms with Gasteiger partial charge in [-0.25, -0.2) is 0 Å². The number of hydrogen-bond acceptors (Lipinski definition) is 2. The number of nitrogens with one attached hydrogen (secondary N) is 1. The number of aromatic nitrogens is 1. The van der Waals surface area contributed by atoms with Crippen molar-refractivity contribution in [1.82, 2.24) is 4.98 Å². The third kappa shape index (κ3) is 2.59. The summed E-state index contributed by atoms with van der Waals surface area (Å²) >= 11 is 0. The summed E-state index contributed by atoms with van der Waals surface area (Å²) in [5.74, 6) is 0. The lowest BCUT2D eigenvalue weighted by molar-refractivity contribution is -0.137. The number of rotatable bonds is 2. The van der Waals surface area contributed by atoms with Crippen LogP contribution < -0.4 is 0 Å². The highest BCUT2D eigenvalue weighted by Crippen LogP contribution is 2.37. The number of benzene rings is 2. The molecule has 0 saturated heterocycles. The summed E-state index contributed by atoms with van der Waals surface area (Å²) in [6.07, 6.45) is -4.45. The molecule has 0 aliphatic carbocycles. The van der Waals surface area contributed by atoms with Gasteiger partial charge in [-0.3, -0.25) is 0 Å². The van der Waals surface area contributed by atoms with Crippen LogP contribution in [0.1, 0.15) is 11.3 Å². The maximum atomic E-state index is 12.9. The van der Waals surface area contributed by atoms with E-state index in [9.17, 15) is 13.2 Å². The molecule has 3 rings (SSSR count). The van der Waals surface area contributed by atoms with Crippen molar-refractivity contribution in [3.8, 4) is 0 Å². The Hall–Kier alpha value is -2.63. The predicted octanol–water partition coefficient (Wildman–Crippen LogP) is 5.91. The van der Waals surface area contributed by atoms with Crippen LogP contribution in [0.3, 0.4) is 0 Å². The van der Waals surface area contributed by atoms with Gasteiger partial charge in [0.25, 0.3) is 0 Å². The molecule has 2 aromatic carbocycles. The van der Waals surface area contributed by atoms with Crippen molar-refractivity contribution in [2.75, 3.05) is 0 Å². The van der Waals surface area contributed by atoms with E-state index < -0.39 is 11.7 Å². The number of azo groups is 1. The van der Waals surface area contributed by atoms with E-state index in [1.54, 1.807) is 0 Å². The van der Waals surface area contributed by atoms with E-state index in [1.807, 2.05) is 31.2 Å². The minimum absolute atomic E-state index is 0.195. The van der Waals surface area contributed by atoms with Gasteiger partial charge >= 0.3 is 6.18 Å². The van der Waals surface area contributed by atoms with Gasteiger partial charge in [0.15, 0.2) is 0 Å². The first-order valence-corrected chi connectivity index (χ1v) is 6.62. The molecule has 0 saturated carbocycles. The van der Waals surface area contributed by atoms with Crippen LogP contribution in [0.5, 0.6) is 0 Å². The van der Waals surface area contributed by atoms with Crippen molar-refractivity contribution in [3.63, 3.8) is 0 Å². The van der Waals surface area contributed by atoms with Gasteiger partial charge in [0.1, 0.15) is 5.69 Å². The van der Waals surface area contributed by atoms with Crippen LogP contribution >= 0.6 is 0 Å². The summed E-state index contributed by atoms with van der Waals surface area (Å²) in [5, 5.41) is 8.67. The lowest BCUT2D eigenvalue weighted by atomic mass is 10.2. The van der Waals surface area contributed by atoms with Crippen molar-refractivity contribution in [1.29, 1.82) is 0 Å². The number of fused-ring (bicyclic) bond motifs is 1. The molecule has 1 aromatic heterocycles. The first-order chi connectivity index (χ1) is 10.5. The maximum Gasteiger partial charge on any atom is 0.418 e. The molecule has 0 spiro atoms. The molecule has 0 aliphatic rings. The summed E-state index contributed by atoms with van der Waals surface area (Å²) in [5.41, 5.74) is 1.19. The Labute approximate surface area is 124 Å². The van der Waals surface area contributed by atoms with Crippen LogP contribution in [0.2, 0.25) is 0 Å². The summed E-state index contributed by atoms with van der Waals surface area (Å²) in [6.45, 7) is 1.81. The monoisotopic (exact) mass is 303 g/mol. The Balaban J connectivity index is 2.06. The highest BCUT2D eigenvalue weighted by molar-refractivity contribution is 5.92. The van der Waals surface area contributed by atoms with Gasteiger partial charge in [-0.15, -0.1) is 10.2 Å². The minimum Gasteiger partial charge on any atom is -0.357 e. The average Bonchev–Trinajstić information content (AvgIpc) is 2.80. The number of aryl methyl sites for hydroxylation is 1. The number of aromatic amines is 1. The molecule has 0 unspecified atom stereocenters. The Kier molecular flexibility index (Phi) is 3.44. The van der Waals surface area contributed by atoms with Crippen LogP contribution in [0.4, 0.5) is 24.5 Å². The molecule has 22 heavy (non-hydrogen) atoms. The Bertz CT molecular complexity index is 847. The molecule has 0 aliphatic heterocycles. The van der Waals surface area contributed by atoms with Gasteiger partial charge in [-0.2, -0.15) is 13.2 Å². The second kappa shape index (κ2) is 5.29. The van der Waals surface area contributed by atoms with Gasteiger partial charge in [0.05, 0.1) is 11.3 Å². The molecular formula is C16H12F3N3. The molecule has 1 N–H and O–H groups in total. The molecule has 6 heteroatoms. The van der Waals surface area contributed by atoms with Crippen LogP contribution in [-0.2, 0) is 6.18 Å². The second-order valence-corrected chi connectivity index (χ2v) is 4.86. The molecule has 3 nitrogen and oxygen atoms in total. The van der Waals surface area contributed by atoms with Gasteiger partial charge in [0, 0.05) is 16.6 Å². The van der Waals surface area contributed by atoms with Crippen LogP contribution in [0.15, 0.2) is 58.8 Å². The zero-order chi connectivity index (χ0) is 15.7. The van der Waals surface area contributed by atoms with E-state index in [2.05, 4.69) is 15.2 Å². The molecular weight excluding hydrogens is 291 g/mol. The average molecular weight is 303 g/mol. The van der Waals surface area contributed by atoms with E-state index in [4.69, 9.17) is 0 Å². The van der Waals surface area contributed by atoms with Crippen molar-refractivity contribution < 1.29 is 13.2 Å². The SMILES string of the molecule is Cc1[nH]c2ccccc2c1/N=N/c1ccccc1C(F)(F)F. The second-order valence-electron chi connectivity index (χ2n) is 4.86. The number of alkyl halides is 3. The van der Waals surface area contributed by atoms with Crippen molar-refractivity contribution in [2.45, 2.75) is 13.1 Å². The first-order valence-electron chi connectivity index (χ1n) is 6.62. The van der Waals surface area contributed by atoms with Crippen LogP contribution in [0, 0.1) is 6.92 Å². The fourth-order valence-electron chi connectivity index (χ4n) is 2.30. The van der Waals surface area contributed by atoms with Crippen molar-refractivity contribution >= 4 is 22.3 Å². The number of H-pyrrole nitrogens is 1. The molecule has 0 radical (unpaired) electrons. The smallest absolute Gasteiger partial charge is 0.357 e. The quantitative estimate of drug-likeness (QED) is 0.572. The van der Waals surface area contributed by atoms with Gasteiger partial charge in [0.2, 0.25) is 0 Å². The normalized spacial score (nSPS) is 12.4. The number of halogens is 3. The van der Waals surface area contributed by atoms with E-state index in [-0.39, 0.29) is 5.69 Å². The van der Waals surface area contributed by atoms with E-state index >= 15 is 0 Å². The molecule has 1 heterocycles. The number of nitrogens with zero attached hydrogens (tertiary/aromatic N) is 2. The highest BCUT2D eigenvalue weighted by Gasteiger charge is 2.33. The number of hydrogen-bond donors (Lipinski definition) is 1. The van der Waals surface area contributed by atoms with E-state index in [0.29, 0.717) is 5.69 Å². The number of para-hydroxylation sites is 1. The fraction of sp³-hybridized carbons (Fsp3) is 0.125.